The quantitative estimate of drug-likeness (QED) is 0.582. The van der Waals surface area contributed by atoms with Crippen LogP contribution in [0.2, 0.25) is 0 Å². The molecule has 0 bridgehead atoms. The van der Waals surface area contributed by atoms with Crippen molar-refractivity contribution in [2.75, 3.05) is 26.7 Å². The van der Waals surface area contributed by atoms with E-state index in [4.69, 9.17) is 0 Å². The summed E-state index contributed by atoms with van der Waals surface area (Å²) < 4.78 is 0. The summed E-state index contributed by atoms with van der Waals surface area (Å²) in [6.07, 6.45) is 2.55. The first-order chi connectivity index (χ1) is 7.95. The Balaban J connectivity index is 2.14. The Hall–Kier alpha value is -1.10. The van der Waals surface area contributed by atoms with Crippen molar-refractivity contribution in [1.82, 2.24) is 16.0 Å². The van der Waals surface area contributed by atoms with Gasteiger partial charge in [0, 0.05) is 13.6 Å². The highest BCUT2D eigenvalue weighted by Crippen LogP contribution is 2.27. The van der Waals surface area contributed by atoms with Gasteiger partial charge in [0.25, 0.3) is 0 Å². The number of carbonyl (C=O) groups is 2. The van der Waals surface area contributed by atoms with Gasteiger partial charge in [0.2, 0.25) is 11.8 Å². The molecule has 0 saturated heterocycles. The molecule has 1 saturated carbocycles. The lowest BCUT2D eigenvalue weighted by Crippen LogP contribution is -2.45. The SMILES string of the molecule is CNC(=O)C(C)(C)CNC(=O)CNCC1CC1. The Kier molecular flexibility index (Phi) is 4.93. The van der Waals surface area contributed by atoms with Crippen molar-refractivity contribution in [3.63, 3.8) is 0 Å². The highest BCUT2D eigenvalue weighted by Gasteiger charge is 2.27. The maximum absolute atomic E-state index is 11.5. The fourth-order valence-corrected chi connectivity index (χ4v) is 1.51. The number of carbonyl (C=O) groups excluding carboxylic acids is 2. The summed E-state index contributed by atoms with van der Waals surface area (Å²) in [6.45, 7) is 5.23. The second-order valence-corrected chi connectivity index (χ2v) is 5.31. The molecule has 0 atom stereocenters. The molecule has 0 spiro atoms. The van der Waals surface area contributed by atoms with Crippen LogP contribution in [-0.4, -0.2) is 38.5 Å². The van der Waals surface area contributed by atoms with Crippen molar-refractivity contribution >= 4 is 11.8 Å². The third kappa shape index (κ3) is 5.17. The molecule has 5 nitrogen and oxygen atoms in total. The highest BCUT2D eigenvalue weighted by molar-refractivity contribution is 5.83. The van der Waals surface area contributed by atoms with Crippen LogP contribution in [0.1, 0.15) is 26.7 Å². The van der Waals surface area contributed by atoms with E-state index in [0.717, 1.165) is 12.5 Å². The summed E-state index contributed by atoms with van der Waals surface area (Å²) in [5.74, 6) is 0.650. The lowest BCUT2D eigenvalue weighted by atomic mass is 9.92. The second kappa shape index (κ2) is 6.00. The van der Waals surface area contributed by atoms with E-state index in [9.17, 15) is 9.59 Å². The van der Waals surface area contributed by atoms with E-state index in [2.05, 4.69) is 16.0 Å². The van der Waals surface area contributed by atoms with Crippen LogP contribution in [0.25, 0.3) is 0 Å². The van der Waals surface area contributed by atoms with Gasteiger partial charge in [0.05, 0.1) is 12.0 Å². The summed E-state index contributed by atoms with van der Waals surface area (Å²) in [5, 5.41) is 8.47. The first kappa shape index (κ1) is 14.0. The molecular formula is C12H23N3O2. The molecule has 0 aromatic heterocycles. The predicted octanol–water partition coefficient (Wildman–Crippen LogP) is -0.126. The van der Waals surface area contributed by atoms with Crippen molar-refractivity contribution in [2.24, 2.45) is 11.3 Å². The molecule has 5 heteroatoms. The Bertz CT molecular complexity index is 285. The van der Waals surface area contributed by atoms with Gasteiger partial charge < -0.3 is 16.0 Å². The molecule has 3 N–H and O–H groups in total. The largest absolute Gasteiger partial charge is 0.359 e. The number of hydrogen-bond acceptors (Lipinski definition) is 3. The van der Waals surface area contributed by atoms with Gasteiger partial charge >= 0.3 is 0 Å². The van der Waals surface area contributed by atoms with E-state index in [1.807, 2.05) is 13.8 Å². The summed E-state index contributed by atoms with van der Waals surface area (Å²) in [4.78, 5) is 23.0. The molecule has 17 heavy (non-hydrogen) atoms. The average molecular weight is 241 g/mol. The van der Waals surface area contributed by atoms with Gasteiger partial charge in [-0.3, -0.25) is 9.59 Å². The molecule has 0 unspecified atom stereocenters. The second-order valence-electron chi connectivity index (χ2n) is 5.31. The van der Waals surface area contributed by atoms with E-state index in [1.54, 1.807) is 7.05 Å². The van der Waals surface area contributed by atoms with Crippen LogP contribution in [0.5, 0.6) is 0 Å². The number of rotatable bonds is 7. The van der Waals surface area contributed by atoms with Gasteiger partial charge in [-0.05, 0) is 39.2 Å². The zero-order valence-corrected chi connectivity index (χ0v) is 10.9. The molecule has 0 radical (unpaired) electrons. The molecule has 0 aromatic carbocycles. The van der Waals surface area contributed by atoms with Crippen LogP contribution < -0.4 is 16.0 Å². The molecule has 1 rings (SSSR count). The molecule has 0 aliphatic heterocycles. The zero-order chi connectivity index (χ0) is 12.9. The van der Waals surface area contributed by atoms with Crippen LogP contribution in [0.4, 0.5) is 0 Å². The van der Waals surface area contributed by atoms with Gasteiger partial charge in [-0.15, -0.1) is 0 Å². The Morgan fingerprint density at radius 3 is 2.47 bits per heavy atom. The fraction of sp³-hybridized carbons (Fsp3) is 0.833. The standard InChI is InChI=1S/C12H23N3O2/c1-12(2,11(17)13-3)8-15-10(16)7-14-6-9-4-5-9/h9,14H,4-8H2,1-3H3,(H,13,17)(H,15,16). The maximum atomic E-state index is 11.5. The van der Waals surface area contributed by atoms with Crippen molar-refractivity contribution in [1.29, 1.82) is 0 Å². The number of nitrogens with one attached hydrogen (secondary N) is 3. The monoisotopic (exact) mass is 241 g/mol. The third-order valence-corrected chi connectivity index (χ3v) is 2.98. The Labute approximate surface area is 103 Å². The van der Waals surface area contributed by atoms with Gasteiger partial charge in [-0.25, -0.2) is 0 Å². The molecule has 1 aliphatic rings. The smallest absolute Gasteiger partial charge is 0.233 e. The predicted molar refractivity (Wildman–Crippen MR) is 66.5 cm³/mol. The van der Waals surface area contributed by atoms with Crippen LogP contribution >= 0.6 is 0 Å². The summed E-state index contributed by atoms with van der Waals surface area (Å²) in [7, 11) is 1.60. The highest BCUT2D eigenvalue weighted by atomic mass is 16.2. The first-order valence-corrected chi connectivity index (χ1v) is 6.15. The molecule has 0 heterocycles. The van der Waals surface area contributed by atoms with E-state index in [-0.39, 0.29) is 11.8 Å². The van der Waals surface area contributed by atoms with Crippen LogP contribution in [0, 0.1) is 11.3 Å². The minimum absolute atomic E-state index is 0.0531. The lowest BCUT2D eigenvalue weighted by Gasteiger charge is -2.22. The third-order valence-electron chi connectivity index (χ3n) is 2.98. The van der Waals surface area contributed by atoms with Gasteiger partial charge in [0.1, 0.15) is 0 Å². The fourth-order valence-electron chi connectivity index (χ4n) is 1.51. The first-order valence-electron chi connectivity index (χ1n) is 6.15. The van der Waals surface area contributed by atoms with Crippen molar-refractivity contribution in [3.05, 3.63) is 0 Å². The molecule has 98 valence electrons. The summed E-state index contributed by atoms with van der Waals surface area (Å²) >= 11 is 0. The van der Waals surface area contributed by atoms with Crippen molar-refractivity contribution in [3.8, 4) is 0 Å². The van der Waals surface area contributed by atoms with E-state index in [0.29, 0.717) is 13.1 Å². The van der Waals surface area contributed by atoms with Gasteiger partial charge in [0.15, 0.2) is 0 Å². The molecular weight excluding hydrogens is 218 g/mol. The van der Waals surface area contributed by atoms with E-state index < -0.39 is 5.41 Å². The molecule has 0 aromatic rings. The summed E-state index contributed by atoms with van der Waals surface area (Å²) in [5.41, 5.74) is -0.569. The minimum atomic E-state index is -0.569. The van der Waals surface area contributed by atoms with E-state index in [1.165, 1.54) is 12.8 Å². The molecule has 1 fully saturated rings. The number of amides is 2. The van der Waals surface area contributed by atoms with Crippen LogP contribution in [0.15, 0.2) is 0 Å². The van der Waals surface area contributed by atoms with Crippen LogP contribution in [-0.2, 0) is 9.59 Å². The maximum Gasteiger partial charge on any atom is 0.233 e. The Morgan fingerprint density at radius 1 is 1.29 bits per heavy atom. The summed E-state index contributed by atoms with van der Waals surface area (Å²) in [6, 6.07) is 0. The Morgan fingerprint density at radius 2 is 1.94 bits per heavy atom. The zero-order valence-electron chi connectivity index (χ0n) is 10.9. The number of hydrogen-bond donors (Lipinski definition) is 3. The minimum Gasteiger partial charge on any atom is -0.359 e. The lowest BCUT2D eigenvalue weighted by molar-refractivity contribution is -0.129. The van der Waals surface area contributed by atoms with Gasteiger partial charge in [-0.2, -0.15) is 0 Å². The van der Waals surface area contributed by atoms with Crippen molar-refractivity contribution in [2.45, 2.75) is 26.7 Å². The topological polar surface area (TPSA) is 70.2 Å². The average Bonchev–Trinajstić information content (AvgIpc) is 3.09. The normalized spacial score (nSPS) is 15.5. The molecule has 1 aliphatic carbocycles. The molecule has 2 amide bonds. The van der Waals surface area contributed by atoms with Gasteiger partial charge in [-0.1, -0.05) is 0 Å². The van der Waals surface area contributed by atoms with Crippen molar-refractivity contribution < 1.29 is 9.59 Å². The van der Waals surface area contributed by atoms with E-state index >= 15 is 0 Å². The van der Waals surface area contributed by atoms with Crippen LogP contribution in [0.3, 0.4) is 0 Å².